The number of benzene rings is 1. The molecule has 14 heavy (non-hydrogen) atoms. The third-order valence-electron chi connectivity index (χ3n) is 1.64. The van der Waals surface area contributed by atoms with E-state index < -0.39 is 0 Å². The molecule has 0 unspecified atom stereocenters. The molecule has 0 spiro atoms. The maximum absolute atomic E-state index is 5.61. The minimum atomic E-state index is 0.603. The third-order valence-corrected chi connectivity index (χ3v) is 1.64. The highest BCUT2D eigenvalue weighted by Gasteiger charge is 1.99. The van der Waals surface area contributed by atoms with Crippen LogP contribution in [0.3, 0.4) is 0 Å². The van der Waals surface area contributed by atoms with Gasteiger partial charge < -0.3 is 11.1 Å². The quantitative estimate of drug-likeness (QED) is 0.772. The summed E-state index contributed by atoms with van der Waals surface area (Å²) in [5, 5.41) is 3.22. The lowest BCUT2D eigenvalue weighted by Crippen LogP contribution is -2.02. The molecule has 2 nitrogen and oxygen atoms in total. The van der Waals surface area contributed by atoms with E-state index in [0.29, 0.717) is 5.70 Å². The van der Waals surface area contributed by atoms with Gasteiger partial charge in [0.1, 0.15) is 0 Å². The number of para-hydroxylation sites is 1. The van der Waals surface area contributed by atoms with Crippen molar-refractivity contribution in [3.63, 3.8) is 0 Å². The molecule has 0 aliphatic rings. The summed E-state index contributed by atoms with van der Waals surface area (Å²) >= 11 is 0. The summed E-state index contributed by atoms with van der Waals surface area (Å²) in [6.45, 7) is 10.7. The summed E-state index contributed by atoms with van der Waals surface area (Å²) in [4.78, 5) is 0. The van der Waals surface area contributed by atoms with Gasteiger partial charge in [-0.2, -0.15) is 0 Å². The number of hydrogen-bond acceptors (Lipinski definition) is 2. The summed E-state index contributed by atoms with van der Waals surface area (Å²) in [6.07, 6.45) is 0. The van der Waals surface area contributed by atoms with Crippen LogP contribution >= 0.6 is 0 Å². The first kappa shape index (κ1) is 12.6. The zero-order valence-electron chi connectivity index (χ0n) is 9.30. The average Bonchev–Trinajstić information content (AvgIpc) is 2.22. The van der Waals surface area contributed by atoms with E-state index in [1.807, 2.05) is 38.1 Å². The molecule has 1 aromatic carbocycles. The Balaban J connectivity index is 0.000000791. The van der Waals surface area contributed by atoms with Gasteiger partial charge in [0.25, 0.3) is 0 Å². The van der Waals surface area contributed by atoms with Crippen molar-refractivity contribution in [3.8, 4) is 0 Å². The molecule has 0 aliphatic carbocycles. The molecule has 3 N–H and O–H groups in total. The van der Waals surface area contributed by atoms with Gasteiger partial charge in [0.05, 0.1) is 0 Å². The van der Waals surface area contributed by atoms with Crippen molar-refractivity contribution in [2.75, 3.05) is 11.9 Å². The second kappa shape index (κ2) is 7.01. The highest BCUT2D eigenvalue weighted by molar-refractivity contribution is 5.72. The maximum Gasteiger partial charge on any atom is 0.0434 e. The average molecular weight is 192 g/mol. The Labute approximate surface area is 86.8 Å². The summed E-state index contributed by atoms with van der Waals surface area (Å²) in [6, 6.07) is 7.88. The molecule has 2 heteroatoms. The van der Waals surface area contributed by atoms with Crippen LogP contribution in [-0.2, 0) is 0 Å². The Morgan fingerprint density at radius 1 is 1.36 bits per heavy atom. The minimum absolute atomic E-state index is 0.603. The molecule has 0 aliphatic heterocycles. The van der Waals surface area contributed by atoms with Gasteiger partial charge in [-0.05, 0) is 13.0 Å². The normalized spacial score (nSPS) is 8.50. The zero-order chi connectivity index (χ0) is 11.0. The lowest BCUT2D eigenvalue weighted by Gasteiger charge is -2.09. The molecule has 0 atom stereocenters. The third kappa shape index (κ3) is 3.52. The fraction of sp³-hybridized carbons (Fsp3) is 0.333. The molecular formula is C12H20N2. The SMILES string of the molecule is C=C(N)c1ccccc1NCC.CC. The summed E-state index contributed by atoms with van der Waals surface area (Å²) in [7, 11) is 0. The fourth-order valence-corrected chi connectivity index (χ4v) is 1.11. The molecule has 0 saturated carbocycles. The highest BCUT2D eigenvalue weighted by atomic mass is 14.9. The Morgan fingerprint density at radius 3 is 2.43 bits per heavy atom. The largest absolute Gasteiger partial charge is 0.399 e. The highest BCUT2D eigenvalue weighted by Crippen LogP contribution is 2.18. The van der Waals surface area contributed by atoms with Crippen LogP contribution in [-0.4, -0.2) is 6.54 Å². The zero-order valence-corrected chi connectivity index (χ0v) is 9.30. The molecule has 0 aromatic heterocycles. The Hall–Kier alpha value is -1.44. The number of nitrogens with two attached hydrogens (primary N) is 1. The molecule has 1 aromatic rings. The molecule has 0 amide bonds. The minimum Gasteiger partial charge on any atom is -0.399 e. The number of anilines is 1. The second-order valence-corrected chi connectivity index (χ2v) is 2.60. The van der Waals surface area contributed by atoms with Gasteiger partial charge in [-0.25, -0.2) is 0 Å². The lowest BCUT2D eigenvalue weighted by atomic mass is 10.1. The summed E-state index contributed by atoms with van der Waals surface area (Å²) in [5.41, 5.74) is 8.25. The molecule has 78 valence electrons. The van der Waals surface area contributed by atoms with Crippen molar-refractivity contribution < 1.29 is 0 Å². The number of hydrogen-bond donors (Lipinski definition) is 2. The van der Waals surface area contributed by atoms with Gasteiger partial charge in [0.15, 0.2) is 0 Å². The number of rotatable bonds is 3. The van der Waals surface area contributed by atoms with Crippen LogP contribution in [0.2, 0.25) is 0 Å². The van der Waals surface area contributed by atoms with Crippen LogP contribution in [0.15, 0.2) is 30.8 Å². The van der Waals surface area contributed by atoms with Crippen molar-refractivity contribution in [3.05, 3.63) is 36.4 Å². The van der Waals surface area contributed by atoms with Crippen LogP contribution in [0.5, 0.6) is 0 Å². The van der Waals surface area contributed by atoms with Crippen molar-refractivity contribution in [1.29, 1.82) is 0 Å². The lowest BCUT2D eigenvalue weighted by molar-refractivity contribution is 1.21. The second-order valence-electron chi connectivity index (χ2n) is 2.60. The van der Waals surface area contributed by atoms with Crippen LogP contribution in [0.25, 0.3) is 5.70 Å². The molecule has 0 saturated heterocycles. The van der Waals surface area contributed by atoms with E-state index in [1.165, 1.54) is 0 Å². The molecule has 0 heterocycles. The smallest absolute Gasteiger partial charge is 0.0434 e. The van der Waals surface area contributed by atoms with Gasteiger partial charge >= 0.3 is 0 Å². The predicted octanol–water partition coefficient (Wildman–Crippen LogP) is 3.07. The van der Waals surface area contributed by atoms with Crippen molar-refractivity contribution in [2.24, 2.45) is 5.73 Å². The van der Waals surface area contributed by atoms with E-state index in [4.69, 9.17) is 5.73 Å². The van der Waals surface area contributed by atoms with Crippen molar-refractivity contribution >= 4 is 11.4 Å². The van der Waals surface area contributed by atoms with E-state index >= 15 is 0 Å². The van der Waals surface area contributed by atoms with Crippen LogP contribution in [0.4, 0.5) is 5.69 Å². The predicted molar refractivity (Wildman–Crippen MR) is 65.2 cm³/mol. The van der Waals surface area contributed by atoms with E-state index in [0.717, 1.165) is 17.8 Å². The van der Waals surface area contributed by atoms with Gasteiger partial charge in [-0.1, -0.05) is 38.6 Å². The monoisotopic (exact) mass is 192 g/mol. The van der Waals surface area contributed by atoms with Crippen molar-refractivity contribution in [1.82, 2.24) is 0 Å². The molecule has 0 bridgehead atoms. The van der Waals surface area contributed by atoms with Crippen LogP contribution < -0.4 is 11.1 Å². The Kier molecular flexibility index (Phi) is 6.29. The first-order valence-electron chi connectivity index (χ1n) is 5.03. The molecule has 0 fully saturated rings. The summed E-state index contributed by atoms with van der Waals surface area (Å²) in [5.74, 6) is 0. The molecule has 1 rings (SSSR count). The standard InChI is InChI=1S/C10H14N2.C2H6/c1-3-12-10-7-5-4-6-9(10)8(2)11;1-2/h4-7,12H,2-3,11H2,1H3;1-2H3. The maximum atomic E-state index is 5.61. The van der Waals surface area contributed by atoms with Gasteiger partial charge in [-0.15, -0.1) is 0 Å². The van der Waals surface area contributed by atoms with Crippen molar-refractivity contribution in [2.45, 2.75) is 20.8 Å². The van der Waals surface area contributed by atoms with Crippen LogP contribution in [0, 0.1) is 0 Å². The number of nitrogens with one attached hydrogen (secondary N) is 1. The van der Waals surface area contributed by atoms with Gasteiger partial charge in [0.2, 0.25) is 0 Å². The van der Waals surface area contributed by atoms with Gasteiger partial charge in [0, 0.05) is 23.5 Å². The summed E-state index contributed by atoms with van der Waals surface area (Å²) < 4.78 is 0. The van der Waals surface area contributed by atoms with E-state index in [-0.39, 0.29) is 0 Å². The topological polar surface area (TPSA) is 38.0 Å². The molecule has 0 radical (unpaired) electrons. The van der Waals surface area contributed by atoms with Gasteiger partial charge in [-0.3, -0.25) is 0 Å². The van der Waals surface area contributed by atoms with Crippen LogP contribution in [0.1, 0.15) is 26.3 Å². The van der Waals surface area contributed by atoms with E-state index in [2.05, 4.69) is 18.8 Å². The molecular weight excluding hydrogens is 172 g/mol. The van der Waals surface area contributed by atoms with E-state index in [1.54, 1.807) is 0 Å². The first-order valence-corrected chi connectivity index (χ1v) is 5.03. The first-order chi connectivity index (χ1) is 6.75. The Bertz CT molecular complexity index is 279. The Morgan fingerprint density at radius 2 is 1.93 bits per heavy atom. The van der Waals surface area contributed by atoms with E-state index in [9.17, 15) is 0 Å². The fourth-order valence-electron chi connectivity index (χ4n) is 1.11.